The first-order valence-electron chi connectivity index (χ1n) is 6.55. The van der Waals surface area contributed by atoms with Crippen molar-refractivity contribution in [2.24, 2.45) is 0 Å². The van der Waals surface area contributed by atoms with Gasteiger partial charge >= 0.3 is 0 Å². The van der Waals surface area contributed by atoms with E-state index in [4.69, 9.17) is 25.8 Å². The summed E-state index contributed by atoms with van der Waals surface area (Å²) >= 11 is 6.16. The van der Waals surface area contributed by atoms with Gasteiger partial charge in [0.1, 0.15) is 0 Å². The van der Waals surface area contributed by atoms with Crippen LogP contribution in [0.3, 0.4) is 0 Å². The largest absolute Gasteiger partial charge is 0.504 e. The van der Waals surface area contributed by atoms with Crippen LogP contribution in [0.1, 0.15) is 11.1 Å². The molecule has 5 heteroatoms. The Balaban J connectivity index is 2.30. The summed E-state index contributed by atoms with van der Waals surface area (Å²) in [5.41, 5.74) is 1.70. The van der Waals surface area contributed by atoms with Gasteiger partial charge in [-0.15, -0.1) is 0 Å². The molecule has 2 rings (SSSR count). The Labute approximate surface area is 134 Å². The highest BCUT2D eigenvalue weighted by molar-refractivity contribution is 6.32. The van der Waals surface area contributed by atoms with Gasteiger partial charge in [0.25, 0.3) is 0 Å². The lowest BCUT2D eigenvalue weighted by atomic mass is 10.1. The zero-order chi connectivity index (χ0) is 16.1. The van der Waals surface area contributed by atoms with Crippen molar-refractivity contribution in [3.63, 3.8) is 0 Å². The molecule has 0 heterocycles. The number of ether oxygens (including phenoxy) is 3. The van der Waals surface area contributed by atoms with Crippen LogP contribution in [0.25, 0.3) is 12.2 Å². The first-order chi connectivity index (χ1) is 10.6. The number of halogens is 1. The molecule has 0 spiro atoms. The molecule has 22 heavy (non-hydrogen) atoms. The van der Waals surface area contributed by atoms with Gasteiger partial charge < -0.3 is 19.3 Å². The van der Waals surface area contributed by atoms with Gasteiger partial charge in [0.05, 0.1) is 26.4 Å². The lowest BCUT2D eigenvalue weighted by Crippen LogP contribution is -1.92. The van der Waals surface area contributed by atoms with Crippen LogP contribution < -0.4 is 14.2 Å². The highest BCUT2D eigenvalue weighted by Crippen LogP contribution is 2.36. The molecule has 116 valence electrons. The highest BCUT2D eigenvalue weighted by atomic mass is 35.5. The maximum absolute atomic E-state index is 9.77. The quantitative estimate of drug-likeness (QED) is 0.837. The molecule has 0 amide bonds. The normalized spacial score (nSPS) is 10.7. The number of hydrogen-bond acceptors (Lipinski definition) is 4. The number of hydrogen-bond donors (Lipinski definition) is 1. The first-order valence-corrected chi connectivity index (χ1v) is 6.93. The second kappa shape index (κ2) is 7.09. The van der Waals surface area contributed by atoms with E-state index in [9.17, 15) is 5.11 Å². The molecule has 0 saturated carbocycles. The molecular formula is C17H17ClO4. The molecule has 0 bridgehead atoms. The highest BCUT2D eigenvalue weighted by Gasteiger charge is 2.09. The molecule has 0 aliphatic carbocycles. The van der Waals surface area contributed by atoms with Crippen molar-refractivity contribution in [2.45, 2.75) is 0 Å². The smallest absolute Gasteiger partial charge is 0.179 e. The Hall–Kier alpha value is -2.33. The van der Waals surface area contributed by atoms with E-state index in [2.05, 4.69) is 0 Å². The third-order valence-electron chi connectivity index (χ3n) is 3.13. The van der Waals surface area contributed by atoms with Crippen molar-refractivity contribution < 1.29 is 19.3 Å². The third kappa shape index (κ3) is 3.46. The van der Waals surface area contributed by atoms with Crippen LogP contribution in [0.15, 0.2) is 30.3 Å². The van der Waals surface area contributed by atoms with E-state index in [-0.39, 0.29) is 5.75 Å². The average Bonchev–Trinajstić information content (AvgIpc) is 2.52. The second-order valence-corrected chi connectivity index (χ2v) is 4.91. The van der Waals surface area contributed by atoms with Crippen molar-refractivity contribution >= 4 is 23.8 Å². The molecule has 0 unspecified atom stereocenters. The lowest BCUT2D eigenvalue weighted by Gasteiger charge is -2.10. The molecule has 1 N–H and O–H groups in total. The van der Waals surface area contributed by atoms with Gasteiger partial charge in [-0.1, -0.05) is 29.8 Å². The van der Waals surface area contributed by atoms with Crippen molar-refractivity contribution in [3.05, 3.63) is 46.5 Å². The lowest BCUT2D eigenvalue weighted by molar-refractivity contribution is 0.355. The van der Waals surface area contributed by atoms with Gasteiger partial charge in [0.15, 0.2) is 23.0 Å². The van der Waals surface area contributed by atoms with E-state index >= 15 is 0 Å². The molecule has 2 aromatic rings. The van der Waals surface area contributed by atoms with E-state index in [1.165, 1.54) is 7.11 Å². The van der Waals surface area contributed by atoms with Crippen LogP contribution >= 0.6 is 11.6 Å². The van der Waals surface area contributed by atoms with E-state index in [0.717, 1.165) is 11.1 Å². The summed E-state index contributed by atoms with van der Waals surface area (Å²) in [4.78, 5) is 0. The molecule has 0 atom stereocenters. The van der Waals surface area contributed by atoms with E-state index < -0.39 is 0 Å². The second-order valence-electron chi connectivity index (χ2n) is 4.50. The Morgan fingerprint density at radius 3 is 2.14 bits per heavy atom. The minimum Gasteiger partial charge on any atom is -0.504 e. The number of phenolic OH excluding ortho intramolecular Hbond substituents is 1. The Kier molecular flexibility index (Phi) is 5.17. The Bertz CT molecular complexity index is 695. The molecule has 0 aliphatic heterocycles. The van der Waals surface area contributed by atoms with Gasteiger partial charge in [-0.25, -0.2) is 0 Å². The van der Waals surface area contributed by atoms with Crippen molar-refractivity contribution in [1.29, 1.82) is 0 Å². The molecular weight excluding hydrogens is 304 g/mol. The van der Waals surface area contributed by atoms with E-state index in [1.807, 2.05) is 24.3 Å². The van der Waals surface area contributed by atoms with Crippen LogP contribution in [0.2, 0.25) is 5.02 Å². The SMILES string of the molecule is COc1ccc(C=Cc2cc(Cl)c(OC)c(OC)c2)cc1O. The zero-order valence-corrected chi connectivity index (χ0v) is 13.3. The van der Waals surface area contributed by atoms with Gasteiger partial charge in [-0.05, 0) is 35.4 Å². The van der Waals surface area contributed by atoms with Crippen molar-refractivity contribution in [3.8, 4) is 23.0 Å². The summed E-state index contributed by atoms with van der Waals surface area (Å²) in [7, 11) is 4.61. The monoisotopic (exact) mass is 320 g/mol. The fourth-order valence-corrected chi connectivity index (χ4v) is 2.33. The minimum atomic E-state index is 0.0926. The van der Waals surface area contributed by atoms with Crippen molar-refractivity contribution in [2.75, 3.05) is 21.3 Å². The minimum absolute atomic E-state index is 0.0926. The Morgan fingerprint density at radius 1 is 0.864 bits per heavy atom. The summed E-state index contributed by atoms with van der Waals surface area (Å²) < 4.78 is 15.5. The molecule has 2 aromatic carbocycles. The molecule has 0 radical (unpaired) electrons. The summed E-state index contributed by atoms with van der Waals surface area (Å²) in [5.74, 6) is 1.59. The van der Waals surface area contributed by atoms with Crippen LogP contribution in [0.5, 0.6) is 23.0 Å². The number of rotatable bonds is 5. The molecule has 0 aromatic heterocycles. The van der Waals surface area contributed by atoms with Crippen molar-refractivity contribution in [1.82, 2.24) is 0 Å². The maximum atomic E-state index is 9.77. The summed E-state index contributed by atoms with van der Waals surface area (Å²) in [6.45, 7) is 0. The predicted molar refractivity (Wildman–Crippen MR) is 88.1 cm³/mol. The number of phenols is 1. The number of benzene rings is 2. The fraction of sp³-hybridized carbons (Fsp3) is 0.176. The molecule has 0 fully saturated rings. The number of aromatic hydroxyl groups is 1. The number of methoxy groups -OCH3 is 3. The molecule has 0 aliphatic rings. The van der Waals surface area contributed by atoms with Gasteiger partial charge in [-0.2, -0.15) is 0 Å². The maximum Gasteiger partial charge on any atom is 0.179 e. The Morgan fingerprint density at radius 2 is 1.55 bits per heavy atom. The summed E-state index contributed by atoms with van der Waals surface area (Å²) in [5, 5.41) is 10.2. The van der Waals surface area contributed by atoms with Crippen LogP contribution in [0, 0.1) is 0 Å². The summed E-state index contributed by atoms with van der Waals surface area (Å²) in [6.07, 6.45) is 3.73. The van der Waals surface area contributed by atoms with Gasteiger partial charge in [-0.3, -0.25) is 0 Å². The van der Waals surface area contributed by atoms with Crippen LogP contribution in [-0.4, -0.2) is 26.4 Å². The topological polar surface area (TPSA) is 47.9 Å². The molecule has 0 saturated heterocycles. The third-order valence-corrected chi connectivity index (χ3v) is 3.41. The van der Waals surface area contributed by atoms with E-state index in [0.29, 0.717) is 22.3 Å². The standard InChI is InChI=1S/C17H17ClO4/c1-20-15-7-6-11(9-14(15)19)4-5-12-8-13(18)17(22-3)16(10-12)21-2/h4-10,19H,1-3H3. The average molecular weight is 321 g/mol. The molecule has 4 nitrogen and oxygen atoms in total. The van der Waals surface area contributed by atoms with E-state index in [1.54, 1.807) is 32.4 Å². The van der Waals surface area contributed by atoms with Gasteiger partial charge in [0, 0.05) is 0 Å². The fourth-order valence-electron chi connectivity index (χ4n) is 2.04. The predicted octanol–water partition coefficient (Wildman–Crippen LogP) is 4.24. The van der Waals surface area contributed by atoms with Crippen LogP contribution in [-0.2, 0) is 0 Å². The zero-order valence-electron chi connectivity index (χ0n) is 12.6. The first kappa shape index (κ1) is 16.0. The van der Waals surface area contributed by atoms with Crippen LogP contribution in [0.4, 0.5) is 0 Å². The summed E-state index contributed by atoms with van der Waals surface area (Å²) in [6, 6.07) is 8.78. The van der Waals surface area contributed by atoms with Gasteiger partial charge in [0.2, 0.25) is 0 Å².